The molecular formula is C16H20ClN3O. The van der Waals surface area contributed by atoms with Crippen molar-refractivity contribution in [2.45, 2.75) is 40.2 Å². The van der Waals surface area contributed by atoms with Crippen LogP contribution in [0.1, 0.15) is 36.3 Å². The van der Waals surface area contributed by atoms with Crippen molar-refractivity contribution in [3.05, 3.63) is 46.2 Å². The van der Waals surface area contributed by atoms with Gasteiger partial charge < -0.3 is 5.32 Å². The first-order valence-corrected chi connectivity index (χ1v) is 7.34. The Morgan fingerprint density at radius 2 is 2.10 bits per heavy atom. The van der Waals surface area contributed by atoms with Crippen LogP contribution in [-0.2, 0) is 4.79 Å². The summed E-state index contributed by atoms with van der Waals surface area (Å²) in [4.78, 5) is 12.2. The fourth-order valence-corrected chi connectivity index (χ4v) is 2.57. The highest BCUT2D eigenvalue weighted by Crippen LogP contribution is 2.23. The number of amides is 1. The average Bonchev–Trinajstić information content (AvgIpc) is 2.74. The van der Waals surface area contributed by atoms with E-state index in [1.165, 1.54) is 0 Å². The van der Waals surface area contributed by atoms with E-state index in [9.17, 15) is 4.79 Å². The van der Waals surface area contributed by atoms with Crippen LogP contribution in [0, 0.1) is 20.8 Å². The van der Waals surface area contributed by atoms with E-state index >= 15 is 0 Å². The van der Waals surface area contributed by atoms with Crippen molar-refractivity contribution in [1.29, 1.82) is 0 Å². The van der Waals surface area contributed by atoms with Gasteiger partial charge in [0.25, 0.3) is 0 Å². The summed E-state index contributed by atoms with van der Waals surface area (Å²) in [6.07, 6.45) is 0.369. The topological polar surface area (TPSA) is 46.9 Å². The molecule has 5 heteroatoms. The monoisotopic (exact) mass is 305 g/mol. The SMILES string of the molecule is Cc1cc(C)n(C(C)CC(=O)Nc2cccc(Cl)c2C)n1. The Labute approximate surface area is 130 Å². The van der Waals surface area contributed by atoms with Crippen LogP contribution in [0.5, 0.6) is 0 Å². The van der Waals surface area contributed by atoms with E-state index in [1.54, 1.807) is 0 Å². The number of rotatable bonds is 4. The molecule has 0 fully saturated rings. The number of aromatic nitrogens is 2. The highest BCUT2D eigenvalue weighted by Gasteiger charge is 2.15. The zero-order valence-electron chi connectivity index (χ0n) is 12.8. The first kappa shape index (κ1) is 15.6. The van der Waals surface area contributed by atoms with Gasteiger partial charge in [0.1, 0.15) is 0 Å². The van der Waals surface area contributed by atoms with Gasteiger partial charge in [0.05, 0.1) is 11.7 Å². The Morgan fingerprint density at radius 1 is 1.38 bits per heavy atom. The van der Waals surface area contributed by atoms with Crippen LogP contribution < -0.4 is 5.32 Å². The smallest absolute Gasteiger partial charge is 0.226 e. The van der Waals surface area contributed by atoms with Gasteiger partial charge in [-0.05, 0) is 51.5 Å². The van der Waals surface area contributed by atoms with Gasteiger partial charge in [-0.1, -0.05) is 17.7 Å². The number of anilines is 1. The Hall–Kier alpha value is -1.81. The van der Waals surface area contributed by atoms with E-state index in [-0.39, 0.29) is 11.9 Å². The zero-order chi connectivity index (χ0) is 15.6. The first-order chi connectivity index (χ1) is 9.88. The minimum Gasteiger partial charge on any atom is -0.326 e. The quantitative estimate of drug-likeness (QED) is 0.926. The second-order valence-corrected chi connectivity index (χ2v) is 5.79. The lowest BCUT2D eigenvalue weighted by Gasteiger charge is -2.15. The Balaban J connectivity index is 2.05. The Morgan fingerprint density at radius 3 is 2.71 bits per heavy atom. The number of hydrogen-bond donors (Lipinski definition) is 1. The third-order valence-electron chi connectivity index (χ3n) is 3.48. The number of halogens is 1. The van der Waals surface area contributed by atoms with Gasteiger partial charge in [-0.3, -0.25) is 9.48 Å². The van der Waals surface area contributed by atoms with Crippen LogP contribution in [0.4, 0.5) is 5.69 Å². The lowest BCUT2D eigenvalue weighted by molar-refractivity contribution is -0.116. The molecule has 0 aliphatic heterocycles. The minimum absolute atomic E-state index is 0.0122. The van der Waals surface area contributed by atoms with Crippen LogP contribution in [0.3, 0.4) is 0 Å². The van der Waals surface area contributed by atoms with Crippen LogP contribution in [0.15, 0.2) is 24.3 Å². The molecule has 2 aromatic rings. The molecule has 0 radical (unpaired) electrons. The molecule has 0 saturated heterocycles. The maximum absolute atomic E-state index is 12.2. The predicted molar refractivity (Wildman–Crippen MR) is 85.8 cm³/mol. The summed E-state index contributed by atoms with van der Waals surface area (Å²) in [5.74, 6) is -0.0413. The lowest BCUT2D eigenvalue weighted by atomic mass is 10.1. The fourth-order valence-electron chi connectivity index (χ4n) is 2.39. The molecule has 1 N–H and O–H groups in total. The fraction of sp³-hybridized carbons (Fsp3) is 0.375. The molecule has 1 aromatic carbocycles. The molecule has 4 nitrogen and oxygen atoms in total. The summed E-state index contributed by atoms with van der Waals surface area (Å²) in [6.45, 7) is 7.83. The van der Waals surface area contributed by atoms with Gasteiger partial charge in [-0.25, -0.2) is 0 Å². The number of nitrogens with one attached hydrogen (secondary N) is 1. The second kappa shape index (κ2) is 6.31. The number of benzene rings is 1. The Bertz CT molecular complexity index is 664. The highest BCUT2D eigenvalue weighted by atomic mass is 35.5. The molecule has 21 heavy (non-hydrogen) atoms. The molecule has 1 unspecified atom stereocenters. The third kappa shape index (κ3) is 3.64. The summed E-state index contributed by atoms with van der Waals surface area (Å²) < 4.78 is 1.89. The van der Waals surface area contributed by atoms with Crippen molar-refractivity contribution >= 4 is 23.2 Å². The Kier molecular flexibility index (Phi) is 4.68. The van der Waals surface area contributed by atoms with Crippen LogP contribution in [0.25, 0.3) is 0 Å². The maximum atomic E-state index is 12.2. The molecule has 0 aliphatic carbocycles. The molecule has 1 atom stereocenters. The molecule has 112 valence electrons. The zero-order valence-corrected chi connectivity index (χ0v) is 13.5. The van der Waals surface area contributed by atoms with Crippen LogP contribution in [0.2, 0.25) is 5.02 Å². The largest absolute Gasteiger partial charge is 0.326 e. The number of aryl methyl sites for hydroxylation is 2. The van der Waals surface area contributed by atoms with Gasteiger partial charge >= 0.3 is 0 Å². The van der Waals surface area contributed by atoms with Gasteiger partial charge in [0.15, 0.2) is 0 Å². The van der Waals surface area contributed by atoms with E-state index in [0.29, 0.717) is 11.4 Å². The summed E-state index contributed by atoms with van der Waals surface area (Å²) >= 11 is 6.06. The van der Waals surface area contributed by atoms with E-state index in [0.717, 1.165) is 22.6 Å². The molecule has 0 spiro atoms. The summed E-state index contributed by atoms with van der Waals surface area (Å²) in [6, 6.07) is 7.52. The van der Waals surface area contributed by atoms with Gasteiger partial charge in [0, 0.05) is 22.8 Å². The van der Waals surface area contributed by atoms with E-state index in [4.69, 9.17) is 11.6 Å². The minimum atomic E-state index is -0.0413. The molecule has 0 aliphatic rings. The number of carbonyl (C=O) groups excluding carboxylic acids is 1. The summed E-state index contributed by atoms with van der Waals surface area (Å²) in [5, 5.41) is 7.98. The summed E-state index contributed by atoms with van der Waals surface area (Å²) in [7, 11) is 0. The van der Waals surface area contributed by atoms with E-state index < -0.39 is 0 Å². The molecular weight excluding hydrogens is 286 g/mol. The first-order valence-electron chi connectivity index (χ1n) is 6.96. The van der Waals surface area contributed by atoms with E-state index in [2.05, 4.69) is 10.4 Å². The van der Waals surface area contributed by atoms with Crippen LogP contribution in [-0.4, -0.2) is 15.7 Å². The normalized spacial score (nSPS) is 12.2. The molecule has 1 heterocycles. The molecule has 2 rings (SSSR count). The molecule has 1 amide bonds. The number of hydrogen-bond acceptors (Lipinski definition) is 2. The van der Waals surface area contributed by atoms with Crippen molar-refractivity contribution in [1.82, 2.24) is 9.78 Å². The van der Waals surface area contributed by atoms with Crippen molar-refractivity contribution < 1.29 is 4.79 Å². The van der Waals surface area contributed by atoms with Gasteiger partial charge in [-0.15, -0.1) is 0 Å². The molecule has 0 bridgehead atoms. The van der Waals surface area contributed by atoms with Crippen molar-refractivity contribution in [3.63, 3.8) is 0 Å². The second-order valence-electron chi connectivity index (χ2n) is 5.39. The van der Waals surface area contributed by atoms with Crippen LogP contribution >= 0.6 is 11.6 Å². The summed E-state index contributed by atoms with van der Waals surface area (Å²) in [5.41, 5.74) is 3.66. The molecule has 0 saturated carbocycles. The van der Waals surface area contributed by atoms with Gasteiger partial charge in [0.2, 0.25) is 5.91 Å². The van der Waals surface area contributed by atoms with Gasteiger partial charge in [-0.2, -0.15) is 5.10 Å². The van der Waals surface area contributed by atoms with Crippen molar-refractivity contribution in [2.75, 3.05) is 5.32 Å². The number of carbonyl (C=O) groups is 1. The molecule has 1 aromatic heterocycles. The predicted octanol–water partition coefficient (Wildman–Crippen LogP) is 4.05. The van der Waals surface area contributed by atoms with Crippen molar-refractivity contribution in [3.8, 4) is 0 Å². The third-order valence-corrected chi connectivity index (χ3v) is 3.89. The lowest BCUT2D eigenvalue weighted by Crippen LogP contribution is -2.19. The average molecular weight is 306 g/mol. The van der Waals surface area contributed by atoms with Crippen molar-refractivity contribution in [2.24, 2.45) is 0 Å². The number of nitrogens with zero attached hydrogens (tertiary/aromatic N) is 2. The van der Waals surface area contributed by atoms with E-state index in [1.807, 2.05) is 56.6 Å². The standard InChI is InChI=1S/C16H20ClN3O/c1-10-8-11(2)20(19-10)12(3)9-16(21)18-15-7-5-6-14(17)13(15)4/h5-8,12H,9H2,1-4H3,(H,18,21). The highest BCUT2D eigenvalue weighted by molar-refractivity contribution is 6.31. The maximum Gasteiger partial charge on any atom is 0.226 e.